The lowest BCUT2D eigenvalue weighted by Crippen LogP contribution is -2.26. The normalized spacial score (nSPS) is 19.9. The number of carboxylic acids is 1. The molecule has 1 saturated heterocycles. The van der Waals surface area contributed by atoms with Crippen molar-refractivity contribution in [1.29, 1.82) is 0 Å². The molecule has 0 spiro atoms. The second kappa shape index (κ2) is 6.99. The van der Waals surface area contributed by atoms with E-state index in [4.69, 9.17) is 5.11 Å². The molecule has 24 heavy (non-hydrogen) atoms. The SMILES string of the molecule is O=C(O)CC1SC(=NN=Cc2ccc(F)c(C(F)(F)F)c2)NC1=O. The zero-order valence-electron chi connectivity index (χ0n) is 11.7. The van der Waals surface area contributed by atoms with Crippen molar-refractivity contribution in [3.05, 3.63) is 35.1 Å². The number of carbonyl (C=O) groups is 2. The van der Waals surface area contributed by atoms with Gasteiger partial charge in [0, 0.05) is 0 Å². The van der Waals surface area contributed by atoms with Gasteiger partial charge in [0.2, 0.25) is 5.91 Å². The second-order valence-electron chi connectivity index (χ2n) is 4.58. The topological polar surface area (TPSA) is 91.1 Å². The summed E-state index contributed by atoms with van der Waals surface area (Å²) in [5.74, 6) is -3.10. The minimum Gasteiger partial charge on any atom is -0.481 e. The Morgan fingerprint density at radius 3 is 2.75 bits per heavy atom. The predicted molar refractivity (Wildman–Crippen MR) is 78.2 cm³/mol. The Labute approximate surface area is 136 Å². The Bertz CT molecular complexity index is 734. The average molecular weight is 363 g/mol. The zero-order valence-corrected chi connectivity index (χ0v) is 12.5. The molecular formula is C13H9F4N3O3S. The highest BCUT2D eigenvalue weighted by Crippen LogP contribution is 2.31. The van der Waals surface area contributed by atoms with E-state index in [0.29, 0.717) is 12.1 Å². The van der Waals surface area contributed by atoms with Crippen molar-refractivity contribution in [2.24, 2.45) is 10.2 Å². The molecule has 2 rings (SSSR count). The number of nitrogens with one attached hydrogen (secondary N) is 1. The largest absolute Gasteiger partial charge is 0.481 e. The fraction of sp³-hybridized carbons (Fsp3) is 0.231. The average Bonchev–Trinajstić information content (AvgIpc) is 2.79. The summed E-state index contributed by atoms with van der Waals surface area (Å²) in [4.78, 5) is 22.0. The van der Waals surface area contributed by atoms with Gasteiger partial charge >= 0.3 is 12.1 Å². The Morgan fingerprint density at radius 2 is 2.12 bits per heavy atom. The number of carboxylic acid groups (broad SMARTS) is 1. The van der Waals surface area contributed by atoms with Crippen molar-refractivity contribution < 1.29 is 32.3 Å². The number of thioether (sulfide) groups is 1. The first-order chi connectivity index (χ1) is 11.2. The van der Waals surface area contributed by atoms with Crippen LogP contribution in [0, 0.1) is 5.82 Å². The molecule has 0 aromatic heterocycles. The van der Waals surface area contributed by atoms with E-state index in [1.54, 1.807) is 0 Å². The Kier molecular flexibility index (Phi) is 5.22. The molecule has 1 fully saturated rings. The van der Waals surface area contributed by atoms with Crippen molar-refractivity contribution in [2.75, 3.05) is 0 Å². The van der Waals surface area contributed by atoms with Gasteiger partial charge in [-0.05, 0) is 17.7 Å². The molecule has 1 aromatic carbocycles. The third-order valence-corrected chi connectivity index (χ3v) is 3.86. The van der Waals surface area contributed by atoms with Crippen LogP contribution < -0.4 is 5.32 Å². The number of halogens is 4. The van der Waals surface area contributed by atoms with Crippen molar-refractivity contribution in [1.82, 2.24) is 5.32 Å². The van der Waals surface area contributed by atoms with E-state index in [-0.39, 0.29) is 10.7 Å². The van der Waals surface area contributed by atoms with Crippen LogP contribution in [-0.4, -0.2) is 33.6 Å². The van der Waals surface area contributed by atoms with Crippen LogP contribution in [0.15, 0.2) is 28.4 Å². The lowest BCUT2D eigenvalue weighted by atomic mass is 10.1. The van der Waals surface area contributed by atoms with Gasteiger partial charge in [-0.3, -0.25) is 9.59 Å². The summed E-state index contributed by atoms with van der Waals surface area (Å²) in [6, 6.07) is 2.32. The maximum absolute atomic E-state index is 13.1. The molecular weight excluding hydrogens is 354 g/mol. The Morgan fingerprint density at radius 1 is 1.42 bits per heavy atom. The first-order valence-corrected chi connectivity index (χ1v) is 7.22. The summed E-state index contributed by atoms with van der Waals surface area (Å²) in [6.07, 6.45) is -4.27. The van der Waals surface area contributed by atoms with E-state index in [0.717, 1.165) is 24.0 Å². The van der Waals surface area contributed by atoms with Gasteiger partial charge in [0.05, 0.1) is 18.2 Å². The van der Waals surface area contributed by atoms with Gasteiger partial charge in [0.25, 0.3) is 0 Å². The maximum atomic E-state index is 13.1. The molecule has 0 bridgehead atoms. The van der Waals surface area contributed by atoms with Crippen LogP contribution in [0.25, 0.3) is 0 Å². The van der Waals surface area contributed by atoms with E-state index in [2.05, 4.69) is 15.5 Å². The second-order valence-corrected chi connectivity index (χ2v) is 5.77. The molecule has 11 heteroatoms. The fourth-order valence-electron chi connectivity index (χ4n) is 1.73. The molecule has 1 aliphatic heterocycles. The van der Waals surface area contributed by atoms with Crippen LogP contribution in [0.2, 0.25) is 0 Å². The molecule has 1 heterocycles. The van der Waals surface area contributed by atoms with Gasteiger partial charge in [0.15, 0.2) is 5.17 Å². The molecule has 0 radical (unpaired) electrons. The van der Waals surface area contributed by atoms with Crippen molar-refractivity contribution >= 4 is 35.0 Å². The number of nitrogens with zero attached hydrogens (tertiary/aromatic N) is 2. The number of amidine groups is 1. The number of carbonyl (C=O) groups excluding carboxylic acids is 1. The van der Waals surface area contributed by atoms with Crippen LogP contribution in [0.5, 0.6) is 0 Å². The molecule has 128 valence electrons. The molecule has 1 unspecified atom stereocenters. The number of rotatable bonds is 4. The first kappa shape index (κ1) is 17.9. The number of hydrogen-bond acceptors (Lipinski definition) is 5. The van der Waals surface area contributed by atoms with Crippen molar-refractivity contribution in [3.63, 3.8) is 0 Å². The van der Waals surface area contributed by atoms with E-state index < -0.39 is 41.1 Å². The molecule has 0 aliphatic carbocycles. The van der Waals surface area contributed by atoms with Crippen LogP contribution >= 0.6 is 11.8 Å². The highest BCUT2D eigenvalue weighted by atomic mass is 32.2. The summed E-state index contributed by atoms with van der Waals surface area (Å²) in [7, 11) is 0. The van der Waals surface area contributed by atoms with E-state index in [1.807, 2.05) is 0 Å². The van der Waals surface area contributed by atoms with Gasteiger partial charge in [-0.1, -0.05) is 17.8 Å². The van der Waals surface area contributed by atoms with E-state index in [9.17, 15) is 27.2 Å². The number of benzene rings is 1. The van der Waals surface area contributed by atoms with E-state index >= 15 is 0 Å². The highest BCUT2D eigenvalue weighted by molar-refractivity contribution is 8.15. The quantitative estimate of drug-likeness (QED) is 0.488. The first-order valence-electron chi connectivity index (χ1n) is 6.34. The third-order valence-electron chi connectivity index (χ3n) is 2.79. The fourth-order valence-corrected chi connectivity index (χ4v) is 2.65. The van der Waals surface area contributed by atoms with Gasteiger partial charge in [-0.15, -0.1) is 5.10 Å². The monoisotopic (exact) mass is 363 g/mol. The molecule has 1 amide bonds. The van der Waals surface area contributed by atoms with Crippen LogP contribution in [0.3, 0.4) is 0 Å². The number of hydrogen-bond donors (Lipinski definition) is 2. The molecule has 1 aromatic rings. The Balaban J connectivity index is 2.10. The predicted octanol–water partition coefficient (Wildman–Crippen LogP) is 2.24. The summed E-state index contributed by atoms with van der Waals surface area (Å²) in [5.41, 5.74) is -1.46. The minimum absolute atomic E-state index is 0.0284. The Hall–Kier alpha value is -2.43. The molecule has 1 aliphatic rings. The zero-order chi connectivity index (χ0) is 17.9. The summed E-state index contributed by atoms with van der Waals surface area (Å²) in [5, 5.41) is 17.2. The van der Waals surface area contributed by atoms with Crippen molar-refractivity contribution in [2.45, 2.75) is 17.8 Å². The van der Waals surface area contributed by atoms with Crippen LogP contribution in [0.4, 0.5) is 17.6 Å². The van der Waals surface area contributed by atoms with E-state index in [1.165, 1.54) is 0 Å². The van der Waals surface area contributed by atoms with Crippen LogP contribution in [-0.2, 0) is 15.8 Å². The van der Waals surface area contributed by atoms with Gasteiger partial charge < -0.3 is 10.4 Å². The van der Waals surface area contributed by atoms with Gasteiger partial charge in [-0.2, -0.15) is 18.3 Å². The highest BCUT2D eigenvalue weighted by Gasteiger charge is 2.34. The van der Waals surface area contributed by atoms with Gasteiger partial charge in [0.1, 0.15) is 11.1 Å². The standard InChI is InChI=1S/C13H9F4N3O3S/c14-8-2-1-6(3-7(8)13(15,16)17)5-18-20-12-19-11(23)9(24-12)4-10(21)22/h1-3,5,9H,4H2,(H,21,22)(H,19,20,23). The molecule has 2 N–H and O–H groups in total. The maximum Gasteiger partial charge on any atom is 0.419 e. The number of amides is 1. The number of alkyl halides is 3. The summed E-state index contributed by atoms with van der Waals surface area (Å²) >= 11 is 0.847. The molecule has 1 atom stereocenters. The summed E-state index contributed by atoms with van der Waals surface area (Å²) < 4.78 is 50.9. The van der Waals surface area contributed by atoms with Gasteiger partial charge in [-0.25, -0.2) is 4.39 Å². The third kappa shape index (κ3) is 4.54. The lowest BCUT2D eigenvalue weighted by Gasteiger charge is -2.07. The molecule has 0 saturated carbocycles. The summed E-state index contributed by atoms with van der Waals surface area (Å²) in [6.45, 7) is 0. The smallest absolute Gasteiger partial charge is 0.419 e. The minimum atomic E-state index is -4.83. The lowest BCUT2D eigenvalue weighted by molar-refractivity contribution is -0.140. The van der Waals surface area contributed by atoms with Crippen molar-refractivity contribution in [3.8, 4) is 0 Å². The van der Waals surface area contributed by atoms with Crippen LogP contribution in [0.1, 0.15) is 17.5 Å². The number of aliphatic carboxylic acids is 1. The molecule has 6 nitrogen and oxygen atoms in total.